The molecule has 4 atom stereocenters. The van der Waals surface area contributed by atoms with Crippen LogP contribution in [0.5, 0.6) is 5.88 Å². The van der Waals surface area contributed by atoms with Crippen LogP contribution in [-0.2, 0) is 0 Å². The fourth-order valence-corrected chi connectivity index (χ4v) is 3.06. The zero-order valence-electron chi connectivity index (χ0n) is 16.5. The summed E-state index contributed by atoms with van der Waals surface area (Å²) >= 11 is 3.33. The Balaban J connectivity index is 2.08. The molecule has 0 aliphatic rings. The Kier molecular flexibility index (Phi) is 13.6. The summed E-state index contributed by atoms with van der Waals surface area (Å²) < 4.78 is 6.35. The van der Waals surface area contributed by atoms with E-state index >= 15 is 0 Å². The summed E-state index contributed by atoms with van der Waals surface area (Å²) in [5, 5.41) is 43.1. The van der Waals surface area contributed by atoms with E-state index in [1.165, 1.54) is 0 Å². The molecule has 0 saturated heterocycles. The van der Waals surface area contributed by atoms with Gasteiger partial charge in [0.05, 0.1) is 31.0 Å². The number of azide groups is 1. The molecule has 0 bridgehead atoms. The number of aromatic nitrogens is 1. The Morgan fingerprint density at radius 1 is 0.931 bits per heavy atom. The molecule has 0 spiro atoms. The van der Waals surface area contributed by atoms with Crippen molar-refractivity contribution < 1.29 is 25.2 Å². The van der Waals surface area contributed by atoms with Crippen molar-refractivity contribution in [2.24, 2.45) is 5.11 Å². The predicted octanol–water partition coefficient (Wildman–Crippen LogP) is 3.10. The summed E-state index contributed by atoms with van der Waals surface area (Å²) in [4.78, 5) is 6.69. The summed E-state index contributed by atoms with van der Waals surface area (Å²) in [6, 6.07) is 3.55. The average molecular weight is 475 g/mol. The van der Waals surface area contributed by atoms with E-state index in [0.717, 1.165) is 4.47 Å². The standard InChI is InChI=1S/C19H31BrN4O5/c20-14-7-10-22-19(13-14)29-12-9-18(28)6-4-16(26)2-1-15(25)3-5-17(27)8-11-23-24-21/h7,10,13,15-18,25-28H,1-6,8-9,11-12H2. The first-order valence-corrected chi connectivity index (χ1v) is 10.7. The molecular weight excluding hydrogens is 444 g/mol. The van der Waals surface area contributed by atoms with Gasteiger partial charge in [0.25, 0.3) is 0 Å². The van der Waals surface area contributed by atoms with Crippen molar-refractivity contribution in [1.29, 1.82) is 0 Å². The fraction of sp³-hybridized carbons (Fsp3) is 0.737. The molecule has 0 aliphatic heterocycles. The molecule has 29 heavy (non-hydrogen) atoms. The second-order valence-electron chi connectivity index (χ2n) is 7.04. The minimum atomic E-state index is -0.607. The van der Waals surface area contributed by atoms with Gasteiger partial charge in [-0.2, -0.15) is 0 Å². The lowest BCUT2D eigenvalue weighted by Crippen LogP contribution is -2.19. The monoisotopic (exact) mass is 474 g/mol. The van der Waals surface area contributed by atoms with Crippen LogP contribution >= 0.6 is 15.9 Å². The normalized spacial score (nSPS) is 15.2. The molecule has 9 nitrogen and oxygen atoms in total. The van der Waals surface area contributed by atoms with Gasteiger partial charge < -0.3 is 25.2 Å². The number of nitrogens with zero attached hydrogens (tertiary/aromatic N) is 4. The molecule has 10 heteroatoms. The highest BCUT2D eigenvalue weighted by atomic mass is 79.9. The molecule has 1 aromatic rings. The minimum absolute atomic E-state index is 0.235. The van der Waals surface area contributed by atoms with E-state index in [9.17, 15) is 20.4 Å². The van der Waals surface area contributed by atoms with E-state index < -0.39 is 24.4 Å². The van der Waals surface area contributed by atoms with Gasteiger partial charge in [0, 0.05) is 34.6 Å². The predicted molar refractivity (Wildman–Crippen MR) is 112 cm³/mol. The van der Waals surface area contributed by atoms with Gasteiger partial charge in [0.1, 0.15) is 0 Å². The lowest BCUT2D eigenvalue weighted by atomic mass is 10.00. The van der Waals surface area contributed by atoms with Crippen molar-refractivity contribution in [2.75, 3.05) is 13.2 Å². The van der Waals surface area contributed by atoms with E-state index in [0.29, 0.717) is 63.9 Å². The van der Waals surface area contributed by atoms with E-state index in [2.05, 4.69) is 30.9 Å². The van der Waals surface area contributed by atoms with Crippen molar-refractivity contribution in [1.82, 2.24) is 4.98 Å². The van der Waals surface area contributed by atoms with Gasteiger partial charge in [-0.05, 0) is 56.5 Å². The first-order chi connectivity index (χ1) is 13.9. The molecule has 4 N–H and O–H groups in total. The highest BCUT2D eigenvalue weighted by Crippen LogP contribution is 2.16. The molecule has 1 heterocycles. The lowest BCUT2D eigenvalue weighted by Gasteiger charge is -2.17. The SMILES string of the molecule is [N-]=[N+]=NCCC(O)CCC(O)CCC(O)CCC(O)CCOc1cc(Br)ccn1. The summed E-state index contributed by atoms with van der Waals surface area (Å²) in [6.45, 7) is 0.570. The quantitative estimate of drug-likeness (QED) is 0.164. The van der Waals surface area contributed by atoms with Gasteiger partial charge in [-0.15, -0.1) is 0 Å². The molecule has 0 saturated carbocycles. The molecule has 0 radical (unpaired) electrons. The number of pyridine rings is 1. The van der Waals surface area contributed by atoms with Crippen LogP contribution in [0.15, 0.2) is 27.9 Å². The van der Waals surface area contributed by atoms with Crippen LogP contribution in [0.25, 0.3) is 10.4 Å². The Morgan fingerprint density at radius 3 is 1.97 bits per heavy atom. The highest BCUT2D eigenvalue weighted by molar-refractivity contribution is 9.10. The van der Waals surface area contributed by atoms with Crippen LogP contribution in [0, 0.1) is 0 Å². The second kappa shape index (κ2) is 15.4. The maximum absolute atomic E-state index is 10.0. The number of aliphatic hydroxyl groups excluding tert-OH is 4. The van der Waals surface area contributed by atoms with Crippen LogP contribution < -0.4 is 4.74 Å². The summed E-state index contributed by atoms with van der Waals surface area (Å²) in [5.74, 6) is 0.489. The van der Waals surface area contributed by atoms with Crippen LogP contribution in [-0.4, -0.2) is 63.0 Å². The van der Waals surface area contributed by atoms with E-state index in [1.807, 2.05) is 0 Å². The molecule has 164 valence electrons. The summed E-state index contributed by atoms with van der Waals surface area (Å²) in [7, 11) is 0. The largest absolute Gasteiger partial charge is 0.478 e. The Hall–Kier alpha value is -1.42. The third-order valence-electron chi connectivity index (χ3n) is 4.52. The van der Waals surface area contributed by atoms with Crippen LogP contribution in [0.2, 0.25) is 0 Å². The van der Waals surface area contributed by atoms with E-state index in [4.69, 9.17) is 10.3 Å². The Bertz CT molecular complexity index is 618. The smallest absolute Gasteiger partial charge is 0.214 e. The zero-order chi connectivity index (χ0) is 21.5. The second-order valence-corrected chi connectivity index (χ2v) is 7.96. The van der Waals surface area contributed by atoms with Crippen molar-refractivity contribution in [3.63, 3.8) is 0 Å². The topological polar surface area (TPSA) is 152 Å². The van der Waals surface area contributed by atoms with Gasteiger partial charge in [0.15, 0.2) is 0 Å². The van der Waals surface area contributed by atoms with Gasteiger partial charge in [-0.25, -0.2) is 4.98 Å². The Labute approximate surface area is 179 Å². The molecule has 0 amide bonds. The number of halogens is 1. The van der Waals surface area contributed by atoms with E-state index in [1.54, 1.807) is 18.3 Å². The van der Waals surface area contributed by atoms with Gasteiger partial charge in [0.2, 0.25) is 5.88 Å². The maximum Gasteiger partial charge on any atom is 0.214 e. The van der Waals surface area contributed by atoms with Crippen molar-refractivity contribution >= 4 is 15.9 Å². The third kappa shape index (κ3) is 13.4. The van der Waals surface area contributed by atoms with Gasteiger partial charge in [-0.1, -0.05) is 21.0 Å². The number of hydrogen-bond acceptors (Lipinski definition) is 7. The number of hydrogen-bond donors (Lipinski definition) is 4. The molecule has 4 unspecified atom stereocenters. The van der Waals surface area contributed by atoms with Crippen LogP contribution in [0.3, 0.4) is 0 Å². The Morgan fingerprint density at radius 2 is 1.45 bits per heavy atom. The first-order valence-electron chi connectivity index (χ1n) is 9.88. The van der Waals surface area contributed by atoms with Crippen molar-refractivity contribution in [3.05, 3.63) is 33.2 Å². The van der Waals surface area contributed by atoms with Crippen molar-refractivity contribution in [2.45, 2.75) is 75.8 Å². The lowest BCUT2D eigenvalue weighted by molar-refractivity contribution is 0.0710. The molecular formula is C19H31BrN4O5. The highest BCUT2D eigenvalue weighted by Gasteiger charge is 2.14. The first kappa shape index (κ1) is 25.6. The van der Waals surface area contributed by atoms with E-state index in [-0.39, 0.29) is 6.54 Å². The third-order valence-corrected chi connectivity index (χ3v) is 5.02. The molecule has 0 aromatic carbocycles. The molecule has 0 fully saturated rings. The zero-order valence-corrected chi connectivity index (χ0v) is 18.1. The fourth-order valence-electron chi connectivity index (χ4n) is 2.75. The summed E-state index contributed by atoms with van der Waals surface area (Å²) in [6.07, 6.45) is 2.66. The number of rotatable bonds is 16. The van der Waals surface area contributed by atoms with Gasteiger partial charge in [-0.3, -0.25) is 0 Å². The average Bonchev–Trinajstić information content (AvgIpc) is 2.69. The minimum Gasteiger partial charge on any atom is -0.478 e. The summed E-state index contributed by atoms with van der Waals surface area (Å²) in [5.41, 5.74) is 8.18. The molecule has 1 rings (SSSR count). The van der Waals surface area contributed by atoms with Crippen LogP contribution in [0.4, 0.5) is 0 Å². The number of ether oxygens (including phenoxy) is 1. The van der Waals surface area contributed by atoms with Crippen LogP contribution in [0.1, 0.15) is 51.4 Å². The van der Waals surface area contributed by atoms with Crippen molar-refractivity contribution in [3.8, 4) is 5.88 Å². The molecule has 0 aliphatic carbocycles. The van der Waals surface area contributed by atoms with Gasteiger partial charge >= 0.3 is 0 Å². The molecule has 1 aromatic heterocycles. The number of aliphatic hydroxyl groups is 4. The maximum atomic E-state index is 10.0.